The predicted molar refractivity (Wildman–Crippen MR) is 60.1 cm³/mol. The zero-order valence-corrected chi connectivity index (χ0v) is 9.79. The normalized spacial score (nSPS) is 36.6. The Morgan fingerprint density at radius 2 is 1.93 bits per heavy atom. The van der Waals surface area contributed by atoms with E-state index in [9.17, 15) is 0 Å². The minimum Gasteiger partial charge on any atom is -0.326 e. The minimum absolute atomic E-state index is 0.350. The smallest absolute Gasteiger partial charge is 0.0249 e. The number of nitrogens with zero attached hydrogens (tertiary/aromatic N) is 1. The van der Waals surface area contributed by atoms with Crippen molar-refractivity contribution in [2.75, 3.05) is 13.6 Å². The average molecular weight is 196 g/mol. The highest BCUT2D eigenvalue weighted by atomic mass is 15.2. The molecule has 0 radical (unpaired) electrons. The molecule has 2 fully saturated rings. The van der Waals surface area contributed by atoms with Crippen molar-refractivity contribution >= 4 is 0 Å². The summed E-state index contributed by atoms with van der Waals surface area (Å²) in [4.78, 5) is 2.51. The third-order valence-electron chi connectivity index (χ3n) is 4.21. The Kier molecular flexibility index (Phi) is 2.61. The molecule has 0 heterocycles. The Morgan fingerprint density at radius 1 is 1.29 bits per heavy atom. The van der Waals surface area contributed by atoms with Crippen molar-refractivity contribution in [2.45, 2.75) is 51.6 Å². The van der Waals surface area contributed by atoms with Crippen LogP contribution in [0.15, 0.2) is 0 Å². The lowest BCUT2D eigenvalue weighted by Crippen LogP contribution is -2.48. The van der Waals surface area contributed by atoms with Gasteiger partial charge in [-0.2, -0.15) is 0 Å². The van der Waals surface area contributed by atoms with Gasteiger partial charge in [0.2, 0.25) is 0 Å². The van der Waals surface area contributed by atoms with E-state index in [1.807, 2.05) is 0 Å². The number of hydrogen-bond donors (Lipinski definition) is 1. The molecule has 2 heteroatoms. The fourth-order valence-electron chi connectivity index (χ4n) is 2.72. The van der Waals surface area contributed by atoms with E-state index in [4.69, 9.17) is 5.73 Å². The Bertz CT molecular complexity index is 208. The standard InChI is InChI=1S/C12H24N2/c1-12(2)7-6-10(11(12)13)14(3)8-9-4-5-9/h9-11H,4-8,13H2,1-3H3. The maximum absolute atomic E-state index is 6.31. The van der Waals surface area contributed by atoms with Crippen LogP contribution >= 0.6 is 0 Å². The molecule has 2 aliphatic carbocycles. The Morgan fingerprint density at radius 3 is 2.36 bits per heavy atom. The first-order chi connectivity index (χ1) is 6.50. The number of likely N-dealkylation sites (N-methyl/N-ethyl adjacent to an activating group) is 1. The third-order valence-corrected chi connectivity index (χ3v) is 4.21. The van der Waals surface area contributed by atoms with E-state index in [2.05, 4.69) is 25.8 Å². The molecular weight excluding hydrogens is 172 g/mol. The molecule has 0 spiro atoms. The highest BCUT2D eigenvalue weighted by Crippen LogP contribution is 2.39. The van der Waals surface area contributed by atoms with E-state index in [0.29, 0.717) is 17.5 Å². The summed E-state index contributed by atoms with van der Waals surface area (Å²) in [5.74, 6) is 0.982. The lowest BCUT2D eigenvalue weighted by atomic mass is 9.87. The van der Waals surface area contributed by atoms with Gasteiger partial charge in [-0.15, -0.1) is 0 Å². The second-order valence-corrected chi connectivity index (χ2v) is 6.00. The van der Waals surface area contributed by atoms with Crippen molar-refractivity contribution < 1.29 is 0 Å². The number of rotatable bonds is 3. The first-order valence-corrected chi connectivity index (χ1v) is 5.96. The quantitative estimate of drug-likeness (QED) is 0.746. The summed E-state index contributed by atoms with van der Waals surface area (Å²) in [5, 5.41) is 0. The molecule has 14 heavy (non-hydrogen) atoms. The topological polar surface area (TPSA) is 29.3 Å². The van der Waals surface area contributed by atoms with Crippen LogP contribution in [0.3, 0.4) is 0 Å². The van der Waals surface area contributed by atoms with Crippen molar-refractivity contribution in [3.63, 3.8) is 0 Å². The van der Waals surface area contributed by atoms with E-state index < -0.39 is 0 Å². The monoisotopic (exact) mass is 196 g/mol. The minimum atomic E-state index is 0.350. The van der Waals surface area contributed by atoms with Gasteiger partial charge in [0.15, 0.2) is 0 Å². The summed E-state index contributed by atoms with van der Waals surface area (Å²) in [6.45, 7) is 5.89. The largest absolute Gasteiger partial charge is 0.326 e. The average Bonchev–Trinajstić information content (AvgIpc) is 2.83. The SMILES string of the molecule is CN(CC1CC1)C1CCC(C)(C)C1N. The maximum Gasteiger partial charge on any atom is 0.0249 e. The van der Waals surface area contributed by atoms with Gasteiger partial charge in [-0.25, -0.2) is 0 Å². The van der Waals surface area contributed by atoms with E-state index in [1.54, 1.807) is 0 Å². The summed E-state index contributed by atoms with van der Waals surface area (Å²) in [5.41, 5.74) is 6.66. The highest BCUT2D eigenvalue weighted by molar-refractivity contribution is 4.99. The second-order valence-electron chi connectivity index (χ2n) is 6.00. The molecule has 0 bridgehead atoms. The molecule has 82 valence electrons. The lowest BCUT2D eigenvalue weighted by Gasteiger charge is -2.32. The summed E-state index contributed by atoms with van der Waals surface area (Å²) in [6, 6.07) is 0.997. The molecule has 0 aliphatic heterocycles. The summed E-state index contributed by atoms with van der Waals surface area (Å²) in [7, 11) is 2.25. The zero-order chi connectivity index (χ0) is 10.3. The van der Waals surface area contributed by atoms with Gasteiger partial charge in [-0.3, -0.25) is 0 Å². The highest BCUT2D eigenvalue weighted by Gasteiger charge is 2.41. The number of hydrogen-bond acceptors (Lipinski definition) is 2. The van der Waals surface area contributed by atoms with Crippen molar-refractivity contribution in [3.8, 4) is 0 Å². The molecule has 2 rings (SSSR count). The van der Waals surface area contributed by atoms with Crippen molar-refractivity contribution in [1.82, 2.24) is 4.90 Å². The summed E-state index contributed by atoms with van der Waals surface area (Å²) < 4.78 is 0. The summed E-state index contributed by atoms with van der Waals surface area (Å²) in [6.07, 6.45) is 5.45. The lowest BCUT2D eigenvalue weighted by molar-refractivity contribution is 0.192. The molecule has 0 aromatic heterocycles. The van der Waals surface area contributed by atoms with Gasteiger partial charge in [-0.05, 0) is 44.1 Å². The molecule has 0 amide bonds. The van der Waals surface area contributed by atoms with Gasteiger partial charge in [0.25, 0.3) is 0 Å². The van der Waals surface area contributed by atoms with Gasteiger partial charge in [-0.1, -0.05) is 13.8 Å². The fourth-order valence-corrected chi connectivity index (χ4v) is 2.72. The van der Waals surface area contributed by atoms with Crippen LogP contribution in [0.25, 0.3) is 0 Å². The first kappa shape index (κ1) is 10.4. The Balaban J connectivity index is 1.91. The van der Waals surface area contributed by atoms with E-state index in [1.165, 1.54) is 32.2 Å². The van der Waals surface area contributed by atoms with E-state index in [-0.39, 0.29) is 0 Å². The molecule has 2 aliphatic rings. The predicted octanol–water partition coefficient (Wildman–Crippen LogP) is 1.84. The van der Waals surface area contributed by atoms with Crippen molar-refractivity contribution in [3.05, 3.63) is 0 Å². The van der Waals surface area contributed by atoms with Crippen LogP contribution in [0.4, 0.5) is 0 Å². The molecule has 2 nitrogen and oxygen atoms in total. The molecule has 2 N–H and O–H groups in total. The molecule has 2 unspecified atom stereocenters. The molecule has 2 atom stereocenters. The van der Waals surface area contributed by atoms with Crippen LogP contribution in [-0.4, -0.2) is 30.6 Å². The molecule has 0 aromatic rings. The van der Waals surface area contributed by atoms with Gasteiger partial charge >= 0.3 is 0 Å². The maximum atomic E-state index is 6.31. The van der Waals surface area contributed by atoms with Gasteiger partial charge in [0, 0.05) is 18.6 Å². The van der Waals surface area contributed by atoms with Crippen LogP contribution in [-0.2, 0) is 0 Å². The van der Waals surface area contributed by atoms with Crippen molar-refractivity contribution in [2.24, 2.45) is 17.1 Å². The van der Waals surface area contributed by atoms with Crippen LogP contribution in [0.1, 0.15) is 39.5 Å². The van der Waals surface area contributed by atoms with Crippen LogP contribution in [0, 0.1) is 11.3 Å². The van der Waals surface area contributed by atoms with Crippen LogP contribution < -0.4 is 5.73 Å². The van der Waals surface area contributed by atoms with Gasteiger partial charge in [0.1, 0.15) is 0 Å². The molecule has 2 saturated carbocycles. The van der Waals surface area contributed by atoms with Crippen LogP contribution in [0.2, 0.25) is 0 Å². The van der Waals surface area contributed by atoms with Crippen LogP contribution in [0.5, 0.6) is 0 Å². The second kappa shape index (κ2) is 3.49. The Hall–Kier alpha value is -0.0800. The number of nitrogens with two attached hydrogens (primary N) is 1. The van der Waals surface area contributed by atoms with E-state index >= 15 is 0 Å². The third kappa shape index (κ3) is 1.96. The first-order valence-electron chi connectivity index (χ1n) is 5.96. The zero-order valence-electron chi connectivity index (χ0n) is 9.79. The van der Waals surface area contributed by atoms with Gasteiger partial charge in [0.05, 0.1) is 0 Å². The molecule has 0 aromatic carbocycles. The molecule has 0 saturated heterocycles. The Labute approximate surface area is 87.8 Å². The fraction of sp³-hybridized carbons (Fsp3) is 1.00. The molecular formula is C12H24N2. The summed E-state index contributed by atoms with van der Waals surface area (Å²) >= 11 is 0. The van der Waals surface area contributed by atoms with E-state index in [0.717, 1.165) is 5.92 Å². The van der Waals surface area contributed by atoms with Crippen molar-refractivity contribution in [1.29, 1.82) is 0 Å². The van der Waals surface area contributed by atoms with Gasteiger partial charge < -0.3 is 10.6 Å².